The lowest BCUT2D eigenvalue weighted by Gasteiger charge is -2.22. The van der Waals surface area contributed by atoms with Gasteiger partial charge in [-0.15, -0.1) is 0 Å². The summed E-state index contributed by atoms with van der Waals surface area (Å²) < 4.78 is 15.2. The third-order valence-electron chi connectivity index (χ3n) is 3.79. The number of hydrogen-bond donors (Lipinski definition) is 0. The van der Waals surface area contributed by atoms with Gasteiger partial charge in [0.25, 0.3) is 5.91 Å². The highest BCUT2D eigenvalue weighted by molar-refractivity contribution is 6.31. The van der Waals surface area contributed by atoms with Crippen LogP contribution in [-0.2, 0) is 20.8 Å². The molecule has 0 fully saturated rings. The van der Waals surface area contributed by atoms with E-state index in [4.69, 9.17) is 25.8 Å². The van der Waals surface area contributed by atoms with Crippen LogP contribution in [0.3, 0.4) is 0 Å². The topological polar surface area (TPSA) is 65.1 Å². The smallest absolute Gasteiger partial charge is 0.325 e. The van der Waals surface area contributed by atoms with Crippen LogP contribution >= 0.6 is 11.6 Å². The molecule has 1 amide bonds. The van der Waals surface area contributed by atoms with Crippen molar-refractivity contribution in [3.63, 3.8) is 0 Å². The third-order valence-corrected chi connectivity index (χ3v) is 4.16. The second kappa shape index (κ2) is 10.5. The molecule has 0 aliphatic carbocycles. The van der Waals surface area contributed by atoms with Gasteiger partial charge < -0.3 is 19.1 Å². The summed E-state index contributed by atoms with van der Waals surface area (Å²) in [6.45, 7) is 0.816. The van der Waals surface area contributed by atoms with E-state index in [1.165, 1.54) is 12.0 Å². The van der Waals surface area contributed by atoms with Crippen molar-refractivity contribution in [2.24, 2.45) is 0 Å². The monoisotopic (exact) mass is 391 g/mol. The molecule has 2 rings (SSSR count). The molecule has 0 bridgehead atoms. The van der Waals surface area contributed by atoms with Crippen molar-refractivity contribution in [3.8, 4) is 5.75 Å². The number of rotatable bonds is 9. The third kappa shape index (κ3) is 6.27. The number of carbonyl (C=O) groups is 2. The molecule has 0 aliphatic heterocycles. The first-order valence-corrected chi connectivity index (χ1v) is 8.74. The minimum absolute atomic E-state index is 0.183. The number of amides is 1. The van der Waals surface area contributed by atoms with Gasteiger partial charge in [-0.2, -0.15) is 0 Å². The van der Waals surface area contributed by atoms with Crippen LogP contribution in [0.1, 0.15) is 15.9 Å². The van der Waals surface area contributed by atoms with Gasteiger partial charge >= 0.3 is 5.97 Å². The minimum Gasteiger partial charge on any atom is -0.491 e. The molecule has 0 aliphatic rings. The summed E-state index contributed by atoms with van der Waals surface area (Å²) in [6.07, 6.45) is 0. The average molecular weight is 392 g/mol. The Morgan fingerprint density at radius 2 is 1.81 bits per heavy atom. The highest BCUT2D eigenvalue weighted by Gasteiger charge is 2.21. The number of ether oxygens (including phenoxy) is 3. The van der Waals surface area contributed by atoms with E-state index in [0.29, 0.717) is 29.5 Å². The van der Waals surface area contributed by atoms with E-state index in [2.05, 4.69) is 0 Å². The molecule has 2 aromatic carbocycles. The molecule has 0 unspecified atom stereocenters. The Kier molecular flexibility index (Phi) is 8.10. The molecule has 0 spiro atoms. The molecule has 27 heavy (non-hydrogen) atoms. The van der Waals surface area contributed by atoms with Crippen LogP contribution in [0.25, 0.3) is 0 Å². The highest BCUT2D eigenvalue weighted by atomic mass is 35.5. The van der Waals surface area contributed by atoms with Gasteiger partial charge in [0.05, 0.1) is 13.7 Å². The molecule has 0 atom stereocenters. The summed E-state index contributed by atoms with van der Waals surface area (Å²) in [5, 5.41) is 0.525. The summed E-state index contributed by atoms with van der Waals surface area (Å²) in [4.78, 5) is 26.2. The quantitative estimate of drug-likeness (QED) is 0.485. The lowest BCUT2D eigenvalue weighted by Crippen LogP contribution is -2.35. The maximum Gasteiger partial charge on any atom is 0.325 e. The van der Waals surface area contributed by atoms with Gasteiger partial charge in [0, 0.05) is 24.2 Å². The summed E-state index contributed by atoms with van der Waals surface area (Å²) in [5.41, 5.74) is 1.14. The van der Waals surface area contributed by atoms with Gasteiger partial charge in [0.15, 0.2) is 0 Å². The molecule has 0 aromatic heterocycles. The molecular formula is C20H22ClNO5. The number of benzene rings is 2. The lowest BCUT2D eigenvalue weighted by molar-refractivity contribution is -0.141. The first kappa shape index (κ1) is 20.7. The van der Waals surface area contributed by atoms with Crippen LogP contribution in [0.15, 0.2) is 48.5 Å². The molecule has 144 valence electrons. The van der Waals surface area contributed by atoms with E-state index in [0.717, 1.165) is 5.56 Å². The van der Waals surface area contributed by atoms with Gasteiger partial charge in [-0.1, -0.05) is 35.9 Å². The molecule has 0 saturated heterocycles. The molecule has 2 aromatic rings. The van der Waals surface area contributed by atoms with E-state index < -0.39 is 5.97 Å². The van der Waals surface area contributed by atoms with Crippen LogP contribution in [0, 0.1) is 0 Å². The van der Waals surface area contributed by atoms with E-state index in [9.17, 15) is 9.59 Å². The fourth-order valence-electron chi connectivity index (χ4n) is 2.40. The zero-order valence-corrected chi connectivity index (χ0v) is 16.1. The van der Waals surface area contributed by atoms with Crippen LogP contribution in [0.2, 0.25) is 5.02 Å². The molecule has 7 heteroatoms. The molecule has 0 saturated carbocycles. The van der Waals surface area contributed by atoms with Crippen molar-refractivity contribution >= 4 is 23.5 Å². The number of carbonyl (C=O) groups excluding carboxylic acids is 2. The maximum absolute atomic E-state index is 13.0. The van der Waals surface area contributed by atoms with E-state index in [1.807, 2.05) is 12.1 Å². The van der Waals surface area contributed by atoms with Crippen molar-refractivity contribution in [2.45, 2.75) is 6.54 Å². The van der Waals surface area contributed by atoms with Gasteiger partial charge in [0.2, 0.25) is 0 Å². The van der Waals surface area contributed by atoms with Crippen molar-refractivity contribution < 1.29 is 23.8 Å². The Morgan fingerprint density at radius 1 is 1.04 bits per heavy atom. The number of hydrogen-bond acceptors (Lipinski definition) is 5. The summed E-state index contributed by atoms with van der Waals surface area (Å²) in [6, 6.07) is 14.0. The number of methoxy groups -OCH3 is 2. The Hall–Kier alpha value is -2.57. The Morgan fingerprint density at radius 3 is 2.52 bits per heavy atom. The van der Waals surface area contributed by atoms with Crippen molar-refractivity contribution in [2.75, 3.05) is 34.0 Å². The number of halogens is 1. The lowest BCUT2D eigenvalue weighted by atomic mass is 10.1. The Balaban J connectivity index is 2.21. The van der Waals surface area contributed by atoms with Crippen LogP contribution < -0.4 is 4.74 Å². The fraction of sp³-hybridized carbons (Fsp3) is 0.300. The first-order valence-electron chi connectivity index (χ1n) is 8.36. The molecule has 6 nitrogen and oxygen atoms in total. The minimum atomic E-state index is -0.511. The summed E-state index contributed by atoms with van der Waals surface area (Å²) >= 11 is 6.20. The normalized spacial score (nSPS) is 10.3. The van der Waals surface area contributed by atoms with Crippen molar-refractivity contribution in [1.29, 1.82) is 0 Å². The van der Waals surface area contributed by atoms with E-state index in [-0.39, 0.29) is 19.0 Å². The highest BCUT2D eigenvalue weighted by Crippen LogP contribution is 2.20. The van der Waals surface area contributed by atoms with Crippen molar-refractivity contribution in [1.82, 2.24) is 4.90 Å². The second-order valence-electron chi connectivity index (χ2n) is 5.70. The Labute approximate surface area is 163 Å². The van der Waals surface area contributed by atoms with Gasteiger partial charge in [-0.25, -0.2) is 0 Å². The maximum atomic E-state index is 13.0. The standard InChI is InChI=1S/C20H22ClNO5/c1-25-10-11-27-17-8-5-7-15(12-17)20(24)22(14-19(23)26-2)13-16-6-3-4-9-18(16)21/h3-9,12H,10-11,13-14H2,1-2H3. The molecule has 0 heterocycles. The number of esters is 1. The van der Waals surface area contributed by atoms with Crippen LogP contribution in [0.4, 0.5) is 0 Å². The van der Waals surface area contributed by atoms with Crippen LogP contribution in [0.5, 0.6) is 5.75 Å². The van der Waals surface area contributed by atoms with Gasteiger partial charge in [-0.3, -0.25) is 9.59 Å². The molecule has 0 N–H and O–H groups in total. The van der Waals surface area contributed by atoms with E-state index >= 15 is 0 Å². The van der Waals surface area contributed by atoms with E-state index in [1.54, 1.807) is 43.5 Å². The summed E-state index contributed by atoms with van der Waals surface area (Å²) in [7, 11) is 2.87. The fourth-order valence-corrected chi connectivity index (χ4v) is 2.59. The number of nitrogens with zero attached hydrogens (tertiary/aromatic N) is 1. The zero-order chi connectivity index (χ0) is 19.6. The van der Waals surface area contributed by atoms with Crippen molar-refractivity contribution in [3.05, 3.63) is 64.7 Å². The largest absolute Gasteiger partial charge is 0.491 e. The molecule has 0 radical (unpaired) electrons. The zero-order valence-electron chi connectivity index (χ0n) is 15.3. The average Bonchev–Trinajstić information content (AvgIpc) is 2.69. The summed E-state index contributed by atoms with van der Waals surface area (Å²) in [5.74, 6) is -0.283. The predicted octanol–water partition coefficient (Wildman–Crippen LogP) is 3.18. The molecular weight excluding hydrogens is 370 g/mol. The second-order valence-corrected chi connectivity index (χ2v) is 6.11. The first-order chi connectivity index (χ1) is 13.0. The predicted molar refractivity (Wildman–Crippen MR) is 102 cm³/mol. The van der Waals surface area contributed by atoms with Crippen LogP contribution in [-0.4, -0.2) is 50.8 Å². The van der Waals surface area contributed by atoms with Gasteiger partial charge in [0.1, 0.15) is 18.9 Å². The Bertz CT molecular complexity index is 780. The SMILES string of the molecule is COCCOc1cccc(C(=O)N(CC(=O)OC)Cc2ccccc2Cl)c1. The van der Waals surface area contributed by atoms with Gasteiger partial charge in [-0.05, 0) is 29.8 Å².